The highest BCUT2D eigenvalue weighted by Crippen LogP contribution is 2.44. The van der Waals surface area contributed by atoms with Crippen molar-refractivity contribution in [2.45, 2.75) is 81.4 Å². The number of anilines is 3. The van der Waals surface area contributed by atoms with Gasteiger partial charge in [0, 0.05) is 17.8 Å². The van der Waals surface area contributed by atoms with Gasteiger partial charge in [0.1, 0.15) is 49.3 Å². The number of carbonyl (C=O) groups is 2. The Hall–Kier alpha value is -7.42. The van der Waals surface area contributed by atoms with Gasteiger partial charge >= 0.3 is 12.1 Å². The van der Waals surface area contributed by atoms with Crippen molar-refractivity contribution in [2.75, 3.05) is 35.7 Å². The third-order valence-electron chi connectivity index (χ3n) is 12.4. The number of benzene rings is 3. The van der Waals surface area contributed by atoms with Crippen LogP contribution in [0.4, 0.5) is 26.9 Å². The number of hydrogen-bond acceptors (Lipinski definition) is 20. The zero-order chi connectivity index (χ0) is 55.8. The lowest BCUT2D eigenvalue weighted by Crippen LogP contribution is -2.32. The first-order valence-electron chi connectivity index (χ1n) is 24.8. The van der Waals surface area contributed by atoms with Crippen LogP contribution in [-0.2, 0) is 46.6 Å². The van der Waals surface area contributed by atoms with E-state index < -0.39 is 103 Å². The van der Waals surface area contributed by atoms with Crippen LogP contribution >= 0.6 is 15.6 Å². The molecule has 0 spiro atoms. The summed E-state index contributed by atoms with van der Waals surface area (Å²) in [6.45, 7) is 1.54. The van der Waals surface area contributed by atoms with E-state index in [9.17, 15) is 28.5 Å². The first-order valence-corrected chi connectivity index (χ1v) is 27.8. The van der Waals surface area contributed by atoms with Crippen molar-refractivity contribution in [1.29, 1.82) is 0 Å². The molecule has 6 N–H and O–H groups in total. The largest absolute Gasteiger partial charge is 0.756 e. The molecule has 28 nitrogen and oxygen atoms in total. The number of urea groups is 2. The summed E-state index contributed by atoms with van der Waals surface area (Å²) in [6.07, 6.45) is 2.52. The summed E-state index contributed by atoms with van der Waals surface area (Å²) in [5.41, 5.74) is 3.54. The molecule has 0 saturated carbocycles. The highest BCUT2D eigenvalue weighted by Gasteiger charge is 2.55. The maximum atomic E-state index is 12.6. The minimum absolute atomic E-state index is 0.152. The molecule has 4 amide bonds. The molecule has 3 aromatic carbocycles. The number of carbonyl (C=O) groups excluding carboxylic acids is 2. The van der Waals surface area contributed by atoms with Gasteiger partial charge in [-0.2, -0.15) is 0 Å². The summed E-state index contributed by atoms with van der Waals surface area (Å²) in [4.78, 5) is 91.2. The van der Waals surface area contributed by atoms with Gasteiger partial charge in [-0.15, -0.1) is 0 Å². The molecule has 4 aliphatic rings. The third kappa shape index (κ3) is 13.8. The molecule has 11 rings (SSSR count). The molecule has 0 aliphatic carbocycles. The molecule has 7 aromatic rings. The Balaban J connectivity index is 0.000000180. The topological polar surface area (TPSA) is 364 Å². The number of phosphoric ester groups is 2. The summed E-state index contributed by atoms with van der Waals surface area (Å²) in [7, 11) is -10.0. The summed E-state index contributed by atoms with van der Waals surface area (Å²) in [6, 6.07) is 26.7. The second-order valence-corrected chi connectivity index (χ2v) is 20.3. The van der Waals surface area contributed by atoms with E-state index in [0.29, 0.717) is 29.0 Å². The van der Waals surface area contributed by atoms with Crippen LogP contribution in [0.15, 0.2) is 122 Å². The third-order valence-corrected chi connectivity index (χ3v) is 13.4. The Morgan fingerprint density at radius 3 is 1.75 bits per heavy atom. The van der Waals surface area contributed by atoms with Crippen molar-refractivity contribution >= 4 is 73.4 Å². The fraction of sp³-hybridized carbons (Fsp3) is 0.320. The molecule has 0 bridgehead atoms. The average Bonchev–Trinajstić information content (AvgIpc) is 4.13. The maximum absolute atomic E-state index is 12.6. The fourth-order valence-electron chi connectivity index (χ4n) is 8.90. The molecule has 80 heavy (non-hydrogen) atoms. The standard InChI is InChI=1S/C26H23N6O8P.C24H29N6O8P/c33-26(30-17-9-5-2-6-10-17)31-23-20-24(28-14-27-23)32(15-29-20)25-22-21(18(38-25)13-37-41(34,35)36)39-19(40-22)12-11-16-7-3-1-4-8-16;1-2-3-11-25-24(31)29-21-18-22(27-13-26-21)30(14-28-18)23-20-19(16(36-23)12-35-39(32,33)34)37-17(38-20)10-9-15-7-5-4-6-8-15/h1-10,14-15,18-19,21-22,25H,13H2,(H2,34,35,36)(H2,27,28,30,31,33);4-10,13-14,16-17,19-20,23H,2-3,11-12H2,1H3,(H2,32,33,34)(H2,25,26,27,29,31)/p-2/b;10-9+/t18-,19?,21?,22+,25-;16-,17?,19?,20+,23-/m11/s1. The number of para-hydroxylation sites is 1. The van der Waals surface area contributed by atoms with Gasteiger partial charge in [0.2, 0.25) is 6.29 Å². The van der Waals surface area contributed by atoms with Gasteiger partial charge in [-0.1, -0.05) is 92.1 Å². The lowest BCUT2D eigenvalue weighted by Gasteiger charge is -2.22. The van der Waals surface area contributed by atoms with E-state index in [1.54, 1.807) is 39.5 Å². The summed E-state index contributed by atoms with van der Waals surface area (Å²) >= 11 is 0. The molecule has 4 fully saturated rings. The number of phosphoric acid groups is 2. The van der Waals surface area contributed by atoms with Crippen LogP contribution in [0.5, 0.6) is 0 Å². The van der Waals surface area contributed by atoms with E-state index in [4.69, 9.17) is 38.2 Å². The normalized spacial score (nSPS) is 25.4. The van der Waals surface area contributed by atoms with Crippen LogP contribution < -0.4 is 31.1 Å². The van der Waals surface area contributed by atoms with Crippen molar-refractivity contribution < 1.29 is 75.8 Å². The number of nitrogens with one attached hydrogen (secondary N) is 4. The van der Waals surface area contributed by atoms with Gasteiger partial charge < -0.3 is 67.7 Å². The Morgan fingerprint density at radius 2 is 1.18 bits per heavy atom. The number of imidazole rings is 2. The zero-order valence-electron chi connectivity index (χ0n) is 42.0. The van der Waals surface area contributed by atoms with Gasteiger partial charge in [0.25, 0.3) is 15.6 Å². The molecular formula is C50H50N12O16P2-2. The molecule has 4 aliphatic heterocycles. The molecule has 4 aromatic heterocycles. The molecule has 30 heteroatoms. The highest BCUT2D eigenvalue weighted by molar-refractivity contribution is 7.45. The number of hydrogen-bond donors (Lipinski definition) is 6. The SMILES string of the molecule is CCCCNC(=O)Nc1ncnc2c1ncn2[C@@H]1O[C@H](COP(=O)([O-])O)C2OC(/C=C/c3ccccc3)O[C@@H]21.O=C(Nc1ccccc1)Nc1ncnc2c1ncn2[C@@H]1O[C@H](COP(=O)([O-])O)C2OC(C#Cc3ccccc3)O[C@@H]21. The van der Waals surface area contributed by atoms with Crippen molar-refractivity contribution in [3.63, 3.8) is 0 Å². The first kappa shape index (κ1) is 55.9. The minimum Gasteiger partial charge on any atom is -0.756 e. The van der Waals surface area contributed by atoms with Crippen LogP contribution in [0.1, 0.15) is 43.3 Å². The van der Waals surface area contributed by atoms with Crippen molar-refractivity contribution in [3.05, 3.63) is 134 Å². The van der Waals surface area contributed by atoms with Crippen LogP contribution in [0.25, 0.3) is 28.4 Å². The van der Waals surface area contributed by atoms with E-state index in [0.717, 1.165) is 24.0 Å². The molecule has 4 saturated heterocycles. The minimum atomic E-state index is -5.03. The maximum Gasteiger partial charge on any atom is 0.324 e. The number of unbranched alkanes of at least 4 members (excludes halogenated alkanes) is 1. The van der Waals surface area contributed by atoms with Gasteiger partial charge in [-0.3, -0.25) is 28.9 Å². The first-order chi connectivity index (χ1) is 38.7. The predicted octanol–water partition coefficient (Wildman–Crippen LogP) is 3.95. The number of fused-ring (bicyclic) bond motifs is 4. The van der Waals surface area contributed by atoms with Crippen LogP contribution in [-0.4, -0.2) is 130 Å². The Labute approximate surface area is 454 Å². The van der Waals surface area contributed by atoms with Crippen LogP contribution in [0.3, 0.4) is 0 Å². The van der Waals surface area contributed by atoms with Crippen molar-refractivity contribution in [2.24, 2.45) is 0 Å². The molecular weight excluding hydrogens is 1090 g/mol. The van der Waals surface area contributed by atoms with Crippen LogP contribution in [0, 0.1) is 11.8 Å². The lowest BCUT2D eigenvalue weighted by molar-refractivity contribution is -0.225. The zero-order valence-corrected chi connectivity index (χ0v) is 43.8. The van der Waals surface area contributed by atoms with Crippen molar-refractivity contribution in [3.8, 4) is 11.8 Å². The molecule has 0 radical (unpaired) electrons. The lowest BCUT2D eigenvalue weighted by atomic mass is 10.1. The highest BCUT2D eigenvalue weighted by atomic mass is 31.2. The monoisotopic (exact) mass is 1140 g/mol. The fourth-order valence-corrected chi connectivity index (χ4v) is 9.57. The van der Waals surface area contributed by atoms with E-state index in [-0.39, 0.29) is 17.2 Å². The van der Waals surface area contributed by atoms with Gasteiger partial charge in [0.15, 0.2) is 52.7 Å². The Bertz CT molecular complexity index is 3470. The number of amides is 4. The van der Waals surface area contributed by atoms with E-state index >= 15 is 0 Å². The summed E-state index contributed by atoms with van der Waals surface area (Å²) < 4.78 is 71.2. The Morgan fingerprint density at radius 1 is 0.662 bits per heavy atom. The second kappa shape index (κ2) is 24.9. The number of rotatable bonds is 16. The molecule has 6 unspecified atom stereocenters. The van der Waals surface area contributed by atoms with Crippen LogP contribution in [0.2, 0.25) is 0 Å². The average molecular weight is 1140 g/mol. The smallest absolute Gasteiger partial charge is 0.324 e. The number of ether oxygens (including phenoxy) is 6. The van der Waals surface area contributed by atoms with Crippen molar-refractivity contribution in [1.82, 2.24) is 44.4 Å². The quantitative estimate of drug-likeness (QED) is 0.0453. The van der Waals surface area contributed by atoms with Gasteiger partial charge in [-0.25, -0.2) is 39.5 Å². The van der Waals surface area contributed by atoms with Gasteiger partial charge in [-0.05, 0) is 48.2 Å². The van der Waals surface area contributed by atoms with E-state index in [1.807, 2.05) is 79.7 Å². The second-order valence-electron chi connectivity index (χ2n) is 17.9. The summed E-state index contributed by atoms with van der Waals surface area (Å²) in [5.74, 6) is 6.25. The van der Waals surface area contributed by atoms with E-state index in [2.05, 4.69) is 72.1 Å². The number of nitrogens with zero attached hydrogens (tertiary/aromatic N) is 8. The molecule has 8 heterocycles. The molecule has 12 atom stereocenters. The Kier molecular flexibility index (Phi) is 17.4. The molecule has 418 valence electrons. The van der Waals surface area contributed by atoms with E-state index in [1.165, 1.54) is 25.3 Å². The predicted molar refractivity (Wildman–Crippen MR) is 277 cm³/mol. The van der Waals surface area contributed by atoms with Gasteiger partial charge in [0.05, 0.1) is 25.9 Å². The summed E-state index contributed by atoms with van der Waals surface area (Å²) in [5, 5.41) is 10.8. The number of aromatic nitrogens is 8.